The number of anilines is 1. The van der Waals surface area contributed by atoms with Crippen molar-refractivity contribution in [3.8, 4) is 16.9 Å². The van der Waals surface area contributed by atoms with Gasteiger partial charge in [-0.15, -0.1) is 0 Å². The number of carbonyl (C=O) groups excluding carboxylic acids is 1. The Labute approximate surface area is 164 Å². The van der Waals surface area contributed by atoms with Crippen LogP contribution in [0.25, 0.3) is 11.1 Å². The molecule has 1 saturated heterocycles. The number of aromatic nitrogens is 2. The number of carbonyl (C=O) groups is 1. The Balaban J connectivity index is 1.53. The Morgan fingerprint density at radius 1 is 1.18 bits per heavy atom. The summed E-state index contributed by atoms with van der Waals surface area (Å²) >= 11 is 0. The lowest BCUT2D eigenvalue weighted by molar-refractivity contribution is 0.218. The molecular formula is C22H24N4O2. The molecule has 1 N–H and O–H groups in total. The molecule has 1 fully saturated rings. The van der Waals surface area contributed by atoms with E-state index in [1.165, 1.54) is 5.56 Å². The highest BCUT2D eigenvalue weighted by Crippen LogP contribution is 2.30. The van der Waals surface area contributed by atoms with Crippen LogP contribution in [0.5, 0.6) is 5.75 Å². The van der Waals surface area contributed by atoms with Gasteiger partial charge in [-0.1, -0.05) is 25.1 Å². The van der Waals surface area contributed by atoms with Crippen LogP contribution in [0.15, 0.2) is 54.9 Å². The van der Waals surface area contributed by atoms with Crippen LogP contribution in [-0.4, -0.2) is 41.3 Å². The summed E-state index contributed by atoms with van der Waals surface area (Å²) in [5.41, 5.74) is 5.44. The van der Waals surface area contributed by atoms with Gasteiger partial charge in [0.1, 0.15) is 5.75 Å². The number of amides is 2. The monoisotopic (exact) mass is 376 g/mol. The van der Waals surface area contributed by atoms with Crippen LogP contribution in [0.3, 0.4) is 0 Å². The minimum absolute atomic E-state index is 0.0425. The van der Waals surface area contributed by atoms with E-state index < -0.39 is 0 Å². The number of rotatable bonds is 6. The number of aromatic amines is 1. The highest BCUT2D eigenvalue weighted by molar-refractivity contribution is 5.94. The number of H-pyrrole nitrogens is 1. The van der Waals surface area contributed by atoms with Crippen molar-refractivity contribution < 1.29 is 9.53 Å². The maximum Gasteiger partial charge on any atom is 0.324 e. The fourth-order valence-corrected chi connectivity index (χ4v) is 3.68. The topological polar surface area (TPSA) is 61.5 Å². The van der Waals surface area contributed by atoms with Crippen LogP contribution in [0.4, 0.5) is 10.5 Å². The zero-order valence-corrected chi connectivity index (χ0v) is 16.2. The van der Waals surface area contributed by atoms with Crippen LogP contribution >= 0.6 is 0 Å². The molecule has 6 heteroatoms. The van der Waals surface area contributed by atoms with Gasteiger partial charge in [-0.25, -0.2) is 4.79 Å². The highest BCUT2D eigenvalue weighted by atomic mass is 16.5. The summed E-state index contributed by atoms with van der Waals surface area (Å²) in [7, 11) is 1.65. The number of urea groups is 1. The number of benzene rings is 2. The van der Waals surface area contributed by atoms with Gasteiger partial charge >= 0.3 is 6.03 Å². The average molecular weight is 376 g/mol. The van der Waals surface area contributed by atoms with Gasteiger partial charge in [0.25, 0.3) is 0 Å². The Morgan fingerprint density at radius 2 is 2.07 bits per heavy atom. The zero-order chi connectivity index (χ0) is 19.5. The number of aryl methyl sites for hydroxylation is 1. The predicted molar refractivity (Wildman–Crippen MR) is 110 cm³/mol. The molecule has 28 heavy (non-hydrogen) atoms. The van der Waals surface area contributed by atoms with Gasteiger partial charge in [-0.2, -0.15) is 5.10 Å². The van der Waals surface area contributed by atoms with E-state index in [4.69, 9.17) is 4.74 Å². The minimum Gasteiger partial charge on any atom is -0.497 e. The quantitative estimate of drug-likeness (QED) is 0.705. The second-order valence-electron chi connectivity index (χ2n) is 6.89. The maximum absolute atomic E-state index is 13.0. The molecule has 1 aliphatic heterocycles. The van der Waals surface area contributed by atoms with E-state index in [1.807, 2.05) is 52.5 Å². The Morgan fingerprint density at radius 3 is 2.82 bits per heavy atom. The van der Waals surface area contributed by atoms with Crippen molar-refractivity contribution in [3.63, 3.8) is 0 Å². The molecule has 3 aromatic rings. The molecule has 2 amide bonds. The molecule has 1 aliphatic rings. The lowest BCUT2D eigenvalue weighted by atomic mass is 9.99. The average Bonchev–Trinajstić information content (AvgIpc) is 3.38. The molecule has 2 heterocycles. The molecule has 0 radical (unpaired) electrons. The maximum atomic E-state index is 13.0. The molecule has 0 bridgehead atoms. The molecule has 0 unspecified atom stereocenters. The van der Waals surface area contributed by atoms with Crippen LogP contribution in [0.1, 0.15) is 18.1 Å². The fraction of sp³-hybridized carbons (Fsp3) is 0.273. The Kier molecular flexibility index (Phi) is 5.02. The SMILES string of the molecule is CCc1cc(N2CCN(Cc3cccc(OC)c3)C2=O)ccc1-c1cn[nH]c1. The second-order valence-corrected chi connectivity index (χ2v) is 6.89. The smallest absolute Gasteiger partial charge is 0.324 e. The first-order valence-electron chi connectivity index (χ1n) is 9.51. The first kappa shape index (κ1) is 18.1. The van der Waals surface area contributed by atoms with Crippen LogP contribution in [0.2, 0.25) is 0 Å². The van der Waals surface area contributed by atoms with Gasteiger partial charge in [-0.05, 0) is 47.4 Å². The van der Waals surface area contributed by atoms with Gasteiger partial charge in [-0.3, -0.25) is 10.00 Å². The standard InChI is InChI=1S/C22H24N4O2/c1-3-17-12-19(7-8-21(17)18-13-23-24-14-18)26-10-9-25(22(26)27)15-16-5-4-6-20(11-16)28-2/h4-8,11-14H,3,9-10,15H2,1-2H3,(H,23,24). The number of nitrogens with zero attached hydrogens (tertiary/aromatic N) is 3. The molecular weight excluding hydrogens is 352 g/mol. The van der Waals surface area contributed by atoms with Crippen molar-refractivity contribution in [3.05, 3.63) is 66.0 Å². The third-order valence-electron chi connectivity index (χ3n) is 5.19. The number of hydrogen-bond donors (Lipinski definition) is 1. The van der Waals surface area contributed by atoms with E-state index in [-0.39, 0.29) is 6.03 Å². The lowest BCUT2D eigenvalue weighted by Gasteiger charge is -2.20. The van der Waals surface area contributed by atoms with E-state index in [0.717, 1.165) is 34.5 Å². The zero-order valence-electron chi connectivity index (χ0n) is 16.2. The normalized spacial score (nSPS) is 14.0. The summed E-state index contributed by atoms with van der Waals surface area (Å²) in [5, 5.41) is 6.91. The van der Waals surface area contributed by atoms with Crippen molar-refractivity contribution in [2.45, 2.75) is 19.9 Å². The third kappa shape index (κ3) is 3.45. The number of ether oxygens (including phenoxy) is 1. The van der Waals surface area contributed by atoms with Crippen LogP contribution in [-0.2, 0) is 13.0 Å². The van der Waals surface area contributed by atoms with E-state index in [2.05, 4.69) is 29.3 Å². The Hall–Kier alpha value is -3.28. The summed E-state index contributed by atoms with van der Waals surface area (Å²) in [5.74, 6) is 0.809. The predicted octanol–water partition coefficient (Wildman–Crippen LogP) is 4.09. The van der Waals surface area contributed by atoms with Gasteiger partial charge in [0.15, 0.2) is 0 Å². The van der Waals surface area contributed by atoms with Gasteiger partial charge in [0.05, 0.1) is 13.3 Å². The molecule has 1 aromatic heterocycles. The number of methoxy groups -OCH3 is 1. The molecule has 0 spiro atoms. The van der Waals surface area contributed by atoms with Crippen molar-refractivity contribution in [2.75, 3.05) is 25.1 Å². The molecule has 4 rings (SSSR count). The summed E-state index contributed by atoms with van der Waals surface area (Å²) in [6, 6.07) is 14.1. The molecule has 144 valence electrons. The Bertz CT molecular complexity index is 968. The van der Waals surface area contributed by atoms with E-state index in [0.29, 0.717) is 19.6 Å². The summed E-state index contributed by atoms with van der Waals surface area (Å²) in [4.78, 5) is 16.7. The highest BCUT2D eigenvalue weighted by Gasteiger charge is 2.29. The molecule has 0 saturated carbocycles. The molecule has 6 nitrogen and oxygen atoms in total. The molecule has 0 aliphatic carbocycles. The third-order valence-corrected chi connectivity index (χ3v) is 5.19. The van der Waals surface area contributed by atoms with E-state index >= 15 is 0 Å². The largest absolute Gasteiger partial charge is 0.497 e. The van der Waals surface area contributed by atoms with Crippen LogP contribution in [0, 0.1) is 0 Å². The van der Waals surface area contributed by atoms with E-state index in [9.17, 15) is 4.79 Å². The second kappa shape index (κ2) is 7.76. The van der Waals surface area contributed by atoms with Crippen LogP contribution < -0.4 is 9.64 Å². The first-order chi connectivity index (χ1) is 13.7. The first-order valence-corrected chi connectivity index (χ1v) is 9.51. The van der Waals surface area contributed by atoms with Crippen molar-refractivity contribution in [1.82, 2.24) is 15.1 Å². The van der Waals surface area contributed by atoms with E-state index in [1.54, 1.807) is 7.11 Å². The lowest BCUT2D eigenvalue weighted by Crippen LogP contribution is -2.31. The van der Waals surface area contributed by atoms with Crippen molar-refractivity contribution in [1.29, 1.82) is 0 Å². The number of hydrogen-bond acceptors (Lipinski definition) is 3. The minimum atomic E-state index is 0.0425. The summed E-state index contributed by atoms with van der Waals surface area (Å²) in [6.07, 6.45) is 4.61. The van der Waals surface area contributed by atoms with Crippen molar-refractivity contribution >= 4 is 11.7 Å². The fourth-order valence-electron chi connectivity index (χ4n) is 3.68. The molecule has 2 aromatic carbocycles. The number of nitrogens with one attached hydrogen (secondary N) is 1. The van der Waals surface area contributed by atoms with Crippen molar-refractivity contribution in [2.24, 2.45) is 0 Å². The van der Waals surface area contributed by atoms with Gasteiger partial charge in [0, 0.05) is 37.1 Å². The van der Waals surface area contributed by atoms with Gasteiger partial charge < -0.3 is 9.64 Å². The summed E-state index contributed by atoms with van der Waals surface area (Å²) in [6.45, 7) is 4.11. The van der Waals surface area contributed by atoms with Gasteiger partial charge in [0.2, 0.25) is 0 Å². The molecule has 0 atom stereocenters. The summed E-state index contributed by atoms with van der Waals surface area (Å²) < 4.78 is 5.28.